The van der Waals surface area contributed by atoms with Crippen LogP contribution in [0.2, 0.25) is 5.02 Å². The third-order valence-electron chi connectivity index (χ3n) is 6.27. The molecule has 1 aliphatic heterocycles. The lowest BCUT2D eigenvalue weighted by molar-refractivity contribution is -0.192. The topological polar surface area (TPSA) is 102 Å². The summed E-state index contributed by atoms with van der Waals surface area (Å²) in [5, 5.41) is 9.77. The molecule has 0 saturated carbocycles. The maximum Gasteiger partial charge on any atom is 0.490 e. The van der Waals surface area contributed by atoms with Gasteiger partial charge in [0.25, 0.3) is 5.56 Å². The van der Waals surface area contributed by atoms with Crippen LogP contribution in [0.25, 0.3) is 21.8 Å². The predicted octanol–water partition coefficient (Wildman–Crippen LogP) is 5.11. The number of alkyl halides is 3. The van der Waals surface area contributed by atoms with Gasteiger partial charge in [-0.3, -0.25) is 4.79 Å². The zero-order chi connectivity index (χ0) is 25.9. The van der Waals surface area contributed by atoms with Gasteiger partial charge in [0, 0.05) is 34.6 Å². The molecule has 0 radical (unpaired) electrons. The predicted molar refractivity (Wildman–Crippen MR) is 131 cm³/mol. The second kappa shape index (κ2) is 10.7. The summed E-state index contributed by atoms with van der Waals surface area (Å²) >= 11 is 6.16. The number of hydrogen-bond donors (Lipinski definition) is 3. The summed E-state index contributed by atoms with van der Waals surface area (Å²) in [4.78, 5) is 34.8. The molecule has 11 heteroatoms. The molecule has 0 bridgehead atoms. The molecule has 36 heavy (non-hydrogen) atoms. The van der Waals surface area contributed by atoms with Crippen molar-refractivity contribution in [1.82, 2.24) is 19.9 Å². The lowest BCUT2D eigenvalue weighted by Crippen LogP contribution is -2.35. The van der Waals surface area contributed by atoms with E-state index < -0.39 is 12.1 Å². The molecular formula is C25H24ClF3N4O3. The number of aromatic amines is 2. The minimum atomic E-state index is -5.08. The molecule has 3 heterocycles. The zero-order valence-corrected chi connectivity index (χ0v) is 19.9. The van der Waals surface area contributed by atoms with E-state index in [0.717, 1.165) is 60.8 Å². The van der Waals surface area contributed by atoms with Gasteiger partial charge in [0.05, 0.1) is 10.9 Å². The standard InChI is InChI=1S/C23H23ClN4O.C2HF3O2/c24-17-5-6-20-19(13-17)16(14-25-20)9-12-28-10-7-15(8-11-28)22-26-21-4-2-1-3-18(21)23(29)27-22;3-2(4,5)1(6)7/h1-6,13-15,25H,7-12H2,(H,26,27,29);(H,6,7). The molecule has 0 unspecified atom stereocenters. The number of aromatic nitrogens is 3. The average Bonchev–Trinajstić information content (AvgIpc) is 3.25. The number of likely N-dealkylation sites (tertiary alicyclic amines) is 1. The average molecular weight is 521 g/mol. The van der Waals surface area contributed by atoms with Gasteiger partial charge in [-0.1, -0.05) is 23.7 Å². The number of piperidine rings is 1. The van der Waals surface area contributed by atoms with Crippen LogP contribution in [0, 0.1) is 0 Å². The van der Waals surface area contributed by atoms with E-state index in [1.54, 1.807) is 0 Å². The van der Waals surface area contributed by atoms with Crippen LogP contribution in [0.1, 0.15) is 30.1 Å². The number of carbonyl (C=O) groups is 1. The molecule has 3 N–H and O–H groups in total. The van der Waals surface area contributed by atoms with Gasteiger partial charge in [-0.15, -0.1) is 0 Å². The Balaban J connectivity index is 0.000000384. The molecule has 5 rings (SSSR count). The minimum absolute atomic E-state index is 0.0361. The Bertz CT molecular complexity index is 1430. The van der Waals surface area contributed by atoms with Crippen molar-refractivity contribution < 1.29 is 23.1 Å². The number of para-hydroxylation sites is 1. The lowest BCUT2D eigenvalue weighted by Gasteiger charge is -2.31. The fraction of sp³-hybridized carbons (Fsp3) is 0.320. The van der Waals surface area contributed by atoms with Gasteiger partial charge >= 0.3 is 12.1 Å². The Kier molecular flexibility index (Phi) is 7.65. The van der Waals surface area contributed by atoms with Crippen LogP contribution in [0.4, 0.5) is 13.2 Å². The van der Waals surface area contributed by atoms with E-state index in [-0.39, 0.29) is 5.56 Å². The van der Waals surface area contributed by atoms with Gasteiger partial charge in [-0.05, 0) is 68.2 Å². The van der Waals surface area contributed by atoms with Crippen LogP contribution in [0.3, 0.4) is 0 Å². The summed E-state index contributed by atoms with van der Waals surface area (Å²) < 4.78 is 31.7. The molecule has 1 saturated heterocycles. The minimum Gasteiger partial charge on any atom is -0.475 e. The molecule has 0 amide bonds. The van der Waals surface area contributed by atoms with Gasteiger partial charge < -0.3 is 20.0 Å². The van der Waals surface area contributed by atoms with Crippen molar-refractivity contribution in [3.63, 3.8) is 0 Å². The molecule has 1 fully saturated rings. The van der Waals surface area contributed by atoms with Crippen molar-refractivity contribution in [3.05, 3.63) is 75.4 Å². The van der Waals surface area contributed by atoms with E-state index in [0.29, 0.717) is 11.3 Å². The Labute approximate surface area is 208 Å². The van der Waals surface area contributed by atoms with Crippen molar-refractivity contribution in [1.29, 1.82) is 0 Å². The summed E-state index contributed by atoms with van der Waals surface area (Å²) in [6, 6.07) is 13.5. The number of carboxylic acid groups (broad SMARTS) is 1. The summed E-state index contributed by atoms with van der Waals surface area (Å²) in [5.41, 5.74) is 3.19. The summed E-state index contributed by atoms with van der Waals surface area (Å²) in [5.74, 6) is -1.61. The highest BCUT2D eigenvalue weighted by atomic mass is 35.5. The van der Waals surface area contributed by atoms with Gasteiger partial charge in [0.1, 0.15) is 5.82 Å². The number of halogens is 4. The summed E-state index contributed by atoms with van der Waals surface area (Å²) in [6.07, 6.45) is 0.0372. The highest BCUT2D eigenvalue weighted by molar-refractivity contribution is 6.31. The highest BCUT2D eigenvalue weighted by Gasteiger charge is 2.38. The van der Waals surface area contributed by atoms with Crippen molar-refractivity contribution in [2.45, 2.75) is 31.4 Å². The number of benzene rings is 2. The number of nitrogens with zero attached hydrogens (tertiary/aromatic N) is 2. The number of fused-ring (bicyclic) bond motifs is 2. The summed E-state index contributed by atoms with van der Waals surface area (Å²) in [6.45, 7) is 3.06. The second-order valence-electron chi connectivity index (χ2n) is 8.64. The van der Waals surface area contributed by atoms with E-state index in [1.165, 1.54) is 10.9 Å². The molecule has 190 valence electrons. The van der Waals surface area contributed by atoms with Gasteiger partial charge in [-0.25, -0.2) is 9.78 Å². The Hall–Kier alpha value is -3.37. The van der Waals surface area contributed by atoms with E-state index in [9.17, 15) is 18.0 Å². The summed E-state index contributed by atoms with van der Waals surface area (Å²) in [7, 11) is 0. The van der Waals surface area contributed by atoms with Gasteiger partial charge in [0.15, 0.2) is 0 Å². The van der Waals surface area contributed by atoms with E-state index in [2.05, 4.69) is 21.1 Å². The van der Waals surface area contributed by atoms with Crippen LogP contribution >= 0.6 is 11.6 Å². The Morgan fingerprint density at radius 3 is 2.53 bits per heavy atom. The largest absolute Gasteiger partial charge is 0.490 e. The molecule has 2 aromatic heterocycles. The fourth-order valence-corrected chi connectivity index (χ4v) is 4.54. The molecule has 1 aliphatic rings. The monoisotopic (exact) mass is 520 g/mol. The third kappa shape index (κ3) is 6.06. The van der Waals surface area contributed by atoms with E-state index in [1.807, 2.05) is 42.5 Å². The number of hydrogen-bond acceptors (Lipinski definition) is 4. The molecule has 0 atom stereocenters. The smallest absolute Gasteiger partial charge is 0.475 e. The SMILES string of the molecule is O=C(O)C(F)(F)F.O=c1[nH]c(C2CCN(CCc3c[nH]c4ccc(Cl)cc34)CC2)nc2ccccc12. The van der Waals surface area contributed by atoms with Gasteiger partial charge in [-0.2, -0.15) is 13.2 Å². The first-order valence-corrected chi connectivity index (χ1v) is 11.8. The molecule has 2 aromatic carbocycles. The van der Waals surface area contributed by atoms with Crippen molar-refractivity contribution in [2.75, 3.05) is 19.6 Å². The molecule has 4 aromatic rings. The first kappa shape index (κ1) is 25.7. The second-order valence-corrected chi connectivity index (χ2v) is 9.08. The lowest BCUT2D eigenvalue weighted by atomic mass is 9.95. The van der Waals surface area contributed by atoms with Crippen LogP contribution in [0.15, 0.2) is 53.5 Å². The Morgan fingerprint density at radius 1 is 1.14 bits per heavy atom. The number of aliphatic carboxylic acids is 1. The number of H-pyrrole nitrogens is 2. The van der Waals surface area contributed by atoms with E-state index >= 15 is 0 Å². The first-order valence-electron chi connectivity index (χ1n) is 11.4. The number of nitrogens with one attached hydrogen (secondary N) is 2. The maximum absolute atomic E-state index is 12.4. The van der Waals surface area contributed by atoms with E-state index in [4.69, 9.17) is 26.5 Å². The van der Waals surface area contributed by atoms with Crippen molar-refractivity contribution in [3.8, 4) is 0 Å². The number of carboxylic acids is 1. The molecular weight excluding hydrogens is 497 g/mol. The molecule has 7 nitrogen and oxygen atoms in total. The van der Waals surface area contributed by atoms with Crippen LogP contribution in [-0.2, 0) is 11.2 Å². The third-order valence-corrected chi connectivity index (χ3v) is 6.51. The first-order chi connectivity index (χ1) is 17.1. The normalized spacial score (nSPS) is 15.1. The van der Waals surface area contributed by atoms with Crippen molar-refractivity contribution in [2.24, 2.45) is 0 Å². The van der Waals surface area contributed by atoms with Gasteiger partial charge in [0.2, 0.25) is 0 Å². The fourth-order valence-electron chi connectivity index (χ4n) is 4.36. The highest BCUT2D eigenvalue weighted by Crippen LogP contribution is 2.27. The maximum atomic E-state index is 12.4. The Morgan fingerprint density at radius 2 is 1.83 bits per heavy atom. The zero-order valence-electron chi connectivity index (χ0n) is 19.1. The number of rotatable bonds is 4. The quantitative estimate of drug-likeness (QED) is 0.347. The van der Waals surface area contributed by atoms with Crippen LogP contribution in [0.5, 0.6) is 0 Å². The van der Waals surface area contributed by atoms with Crippen LogP contribution in [-0.4, -0.2) is 56.7 Å². The van der Waals surface area contributed by atoms with Crippen molar-refractivity contribution >= 4 is 39.4 Å². The van der Waals surface area contributed by atoms with Crippen LogP contribution < -0.4 is 5.56 Å². The molecule has 0 aliphatic carbocycles. The molecule has 0 spiro atoms.